The summed E-state index contributed by atoms with van der Waals surface area (Å²) in [7, 11) is 0. The van der Waals surface area contributed by atoms with Crippen LogP contribution in [0.15, 0.2) is 6.33 Å². The van der Waals surface area contributed by atoms with Crippen molar-refractivity contribution in [2.75, 3.05) is 13.2 Å². The predicted molar refractivity (Wildman–Crippen MR) is 51.0 cm³/mol. The summed E-state index contributed by atoms with van der Waals surface area (Å²) in [6.45, 7) is 2.67. The monoisotopic (exact) mass is 237 g/mol. The molecule has 0 aliphatic heterocycles. The first-order chi connectivity index (χ1) is 7.40. The first-order valence-electron chi connectivity index (χ1n) is 4.93. The van der Waals surface area contributed by atoms with Crippen molar-refractivity contribution < 1.29 is 17.9 Å². The molecule has 0 spiro atoms. The molecule has 0 bridgehead atoms. The van der Waals surface area contributed by atoms with E-state index < -0.39 is 12.8 Å². The highest BCUT2D eigenvalue weighted by Crippen LogP contribution is 2.14. The lowest BCUT2D eigenvalue weighted by molar-refractivity contribution is -0.173. The lowest BCUT2D eigenvalue weighted by atomic mass is 10.3. The molecule has 16 heavy (non-hydrogen) atoms. The van der Waals surface area contributed by atoms with E-state index in [0.29, 0.717) is 12.2 Å². The Labute approximate surface area is 91.4 Å². The van der Waals surface area contributed by atoms with Crippen molar-refractivity contribution in [3.8, 4) is 0 Å². The topological polar surface area (TPSA) is 39.9 Å². The van der Waals surface area contributed by atoms with Gasteiger partial charge in [0.25, 0.3) is 0 Å². The summed E-state index contributed by atoms with van der Waals surface area (Å²) in [5.74, 6) is 0.636. The van der Waals surface area contributed by atoms with Gasteiger partial charge in [0.2, 0.25) is 0 Å². The van der Waals surface area contributed by atoms with E-state index in [1.165, 1.54) is 0 Å². The first-order valence-corrected chi connectivity index (χ1v) is 4.93. The summed E-state index contributed by atoms with van der Waals surface area (Å²) < 4.78 is 41.6. The Balaban J connectivity index is 2.35. The van der Waals surface area contributed by atoms with Gasteiger partial charge in [-0.05, 0) is 13.8 Å². The van der Waals surface area contributed by atoms with Gasteiger partial charge in [-0.15, -0.1) is 10.2 Å². The summed E-state index contributed by atoms with van der Waals surface area (Å²) in [6, 6.07) is 0.188. The second-order valence-electron chi connectivity index (χ2n) is 3.67. The Bertz CT molecular complexity index is 322. The Kier molecular flexibility index (Phi) is 4.28. The third-order valence-electron chi connectivity index (χ3n) is 1.94. The largest absolute Gasteiger partial charge is 0.411 e. The van der Waals surface area contributed by atoms with Crippen LogP contribution in [-0.2, 0) is 11.2 Å². The van der Waals surface area contributed by atoms with Crippen LogP contribution in [-0.4, -0.2) is 34.2 Å². The molecule has 0 saturated carbocycles. The molecular weight excluding hydrogens is 223 g/mol. The maximum atomic E-state index is 11.8. The van der Waals surface area contributed by atoms with E-state index >= 15 is 0 Å². The first kappa shape index (κ1) is 13.0. The van der Waals surface area contributed by atoms with Gasteiger partial charge in [-0.1, -0.05) is 0 Å². The molecule has 1 heterocycles. The predicted octanol–water partition coefficient (Wildman–Crippen LogP) is 1.98. The zero-order chi connectivity index (χ0) is 12.2. The van der Waals surface area contributed by atoms with Gasteiger partial charge in [-0.3, -0.25) is 0 Å². The lowest BCUT2D eigenvalue weighted by Crippen LogP contribution is -2.18. The second kappa shape index (κ2) is 5.29. The molecule has 0 unspecified atom stereocenters. The summed E-state index contributed by atoms with van der Waals surface area (Å²) in [4.78, 5) is 0. The van der Waals surface area contributed by atoms with E-state index in [1.807, 2.05) is 13.8 Å². The van der Waals surface area contributed by atoms with Gasteiger partial charge in [-0.2, -0.15) is 13.2 Å². The molecule has 7 heteroatoms. The third kappa shape index (κ3) is 4.18. The van der Waals surface area contributed by atoms with E-state index in [4.69, 9.17) is 0 Å². The number of rotatable bonds is 5. The standard InChI is InChI=1S/C9H14F3N3O/c1-7(2)15-6-13-14-8(15)3-4-16-5-9(10,11)12/h6-7H,3-5H2,1-2H3. The fourth-order valence-electron chi connectivity index (χ4n) is 1.23. The van der Waals surface area contributed by atoms with Crippen LogP contribution in [0, 0.1) is 0 Å². The van der Waals surface area contributed by atoms with E-state index in [0.717, 1.165) is 0 Å². The summed E-state index contributed by atoms with van der Waals surface area (Å²) in [5, 5.41) is 7.53. The molecule has 0 N–H and O–H groups in total. The van der Waals surface area contributed by atoms with Gasteiger partial charge in [0.15, 0.2) is 0 Å². The molecule has 0 fully saturated rings. The van der Waals surface area contributed by atoms with Crippen molar-refractivity contribution in [3.63, 3.8) is 0 Å². The molecule has 0 aromatic carbocycles. The molecule has 92 valence electrons. The number of nitrogens with zero attached hydrogens (tertiary/aromatic N) is 3. The Morgan fingerprint density at radius 1 is 1.44 bits per heavy atom. The maximum Gasteiger partial charge on any atom is 0.411 e. The van der Waals surface area contributed by atoms with Crippen molar-refractivity contribution >= 4 is 0 Å². The number of hydrogen-bond donors (Lipinski definition) is 0. The van der Waals surface area contributed by atoms with Crippen LogP contribution in [0.25, 0.3) is 0 Å². The van der Waals surface area contributed by atoms with E-state index in [1.54, 1.807) is 10.9 Å². The van der Waals surface area contributed by atoms with Crippen LogP contribution in [0.5, 0.6) is 0 Å². The quantitative estimate of drug-likeness (QED) is 0.735. The molecule has 0 saturated heterocycles. The minimum Gasteiger partial charge on any atom is -0.372 e. The van der Waals surface area contributed by atoms with Gasteiger partial charge >= 0.3 is 6.18 Å². The van der Waals surface area contributed by atoms with E-state index in [-0.39, 0.29) is 12.6 Å². The molecule has 0 aliphatic carbocycles. The highest BCUT2D eigenvalue weighted by atomic mass is 19.4. The van der Waals surface area contributed by atoms with Gasteiger partial charge < -0.3 is 9.30 Å². The zero-order valence-electron chi connectivity index (χ0n) is 9.16. The molecule has 1 aromatic heterocycles. The molecule has 0 amide bonds. The molecule has 0 atom stereocenters. The summed E-state index contributed by atoms with van der Waals surface area (Å²) >= 11 is 0. The minimum atomic E-state index is -4.27. The number of ether oxygens (including phenoxy) is 1. The number of aromatic nitrogens is 3. The van der Waals surface area contributed by atoms with E-state index in [9.17, 15) is 13.2 Å². The van der Waals surface area contributed by atoms with Crippen molar-refractivity contribution in [2.24, 2.45) is 0 Å². The lowest BCUT2D eigenvalue weighted by Gasteiger charge is -2.10. The van der Waals surface area contributed by atoms with E-state index in [2.05, 4.69) is 14.9 Å². The van der Waals surface area contributed by atoms with Crippen molar-refractivity contribution in [1.82, 2.24) is 14.8 Å². The number of halogens is 3. The van der Waals surface area contributed by atoms with Gasteiger partial charge in [0.05, 0.1) is 6.61 Å². The van der Waals surface area contributed by atoms with Crippen molar-refractivity contribution in [2.45, 2.75) is 32.5 Å². The zero-order valence-corrected chi connectivity index (χ0v) is 9.16. The van der Waals surface area contributed by atoms with Crippen LogP contribution in [0.2, 0.25) is 0 Å². The van der Waals surface area contributed by atoms with Crippen LogP contribution in [0.3, 0.4) is 0 Å². The number of hydrogen-bond acceptors (Lipinski definition) is 3. The smallest absolute Gasteiger partial charge is 0.372 e. The summed E-state index contributed by atoms with van der Waals surface area (Å²) in [5.41, 5.74) is 0. The van der Waals surface area contributed by atoms with Crippen molar-refractivity contribution in [1.29, 1.82) is 0 Å². The fourth-order valence-corrected chi connectivity index (χ4v) is 1.23. The Morgan fingerprint density at radius 2 is 2.12 bits per heavy atom. The van der Waals surface area contributed by atoms with Gasteiger partial charge in [0.1, 0.15) is 18.8 Å². The Hall–Kier alpha value is -1.11. The van der Waals surface area contributed by atoms with Crippen LogP contribution < -0.4 is 0 Å². The van der Waals surface area contributed by atoms with Crippen molar-refractivity contribution in [3.05, 3.63) is 12.2 Å². The molecule has 4 nitrogen and oxygen atoms in total. The molecular formula is C9H14F3N3O. The Morgan fingerprint density at radius 3 is 2.69 bits per heavy atom. The summed E-state index contributed by atoms with van der Waals surface area (Å²) in [6.07, 6.45) is -2.39. The third-order valence-corrected chi connectivity index (χ3v) is 1.94. The molecule has 0 aliphatic rings. The normalized spacial score (nSPS) is 12.4. The van der Waals surface area contributed by atoms with Crippen LogP contribution in [0.1, 0.15) is 25.7 Å². The average Bonchev–Trinajstić information content (AvgIpc) is 2.58. The number of alkyl halides is 3. The minimum absolute atomic E-state index is 0.00900. The molecule has 0 radical (unpaired) electrons. The van der Waals surface area contributed by atoms with Crippen LogP contribution in [0.4, 0.5) is 13.2 Å². The van der Waals surface area contributed by atoms with Crippen LogP contribution >= 0.6 is 0 Å². The average molecular weight is 237 g/mol. The molecule has 1 aromatic rings. The van der Waals surface area contributed by atoms with Gasteiger partial charge in [0, 0.05) is 12.5 Å². The fraction of sp³-hybridized carbons (Fsp3) is 0.778. The highest BCUT2D eigenvalue weighted by molar-refractivity contribution is 4.87. The van der Waals surface area contributed by atoms with Gasteiger partial charge in [-0.25, -0.2) is 0 Å². The maximum absolute atomic E-state index is 11.8. The molecule has 1 rings (SSSR count). The second-order valence-corrected chi connectivity index (χ2v) is 3.67. The SMILES string of the molecule is CC(C)n1cnnc1CCOCC(F)(F)F. The highest BCUT2D eigenvalue weighted by Gasteiger charge is 2.27.